The van der Waals surface area contributed by atoms with Crippen molar-refractivity contribution in [2.45, 2.75) is 46.6 Å². The van der Waals surface area contributed by atoms with Gasteiger partial charge >= 0.3 is 0 Å². The third kappa shape index (κ3) is 5.79. The van der Waals surface area contributed by atoms with Crippen molar-refractivity contribution in [3.63, 3.8) is 0 Å². The fraction of sp³-hybridized carbons (Fsp3) is 0.257. The second kappa shape index (κ2) is 11.5. The maximum atomic E-state index is 14.5. The number of rotatable bonds is 6. The van der Waals surface area contributed by atoms with Crippen LogP contribution in [0.3, 0.4) is 0 Å². The molecule has 4 nitrogen and oxygen atoms in total. The Kier molecular flexibility index (Phi) is 7.77. The molecule has 2 aromatic heterocycles. The number of hydrogen-bond acceptors (Lipinski definition) is 3. The van der Waals surface area contributed by atoms with Crippen LogP contribution in [0.4, 0.5) is 15.1 Å². The Morgan fingerprint density at radius 2 is 1.83 bits per heavy atom. The minimum absolute atomic E-state index is 0.154. The molecular weight excluding hydrogens is 565 g/mol. The van der Waals surface area contributed by atoms with Crippen LogP contribution in [0.15, 0.2) is 84.0 Å². The van der Waals surface area contributed by atoms with Crippen LogP contribution in [-0.4, -0.2) is 16.7 Å². The Hall–Kier alpha value is -3.74. The van der Waals surface area contributed by atoms with Crippen LogP contribution in [0, 0.1) is 17.2 Å². The molecule has 214 valence electrons. The first-order chi connectivity index (χ1) is 20.2. The van der Waals surface area contributed by atoms with Gasteiger partial charge in [0.1, 0.15) is 10.8 Å². The zero-order chi connectivity index (χ0) is 29.4. The van der Waals surface area contributed by atoms with Gasteiger partial charge < -0.3 is 9.88 Å². The highest BCUT2D eigenvalue weighted by molar-refractivity contribution is 7.16. The summed E-state index contributed by atoms with van der Waals surface area (Å²) in [5.41, 5.74) is 5.20. The number of fused-ring (bicyclic) bond motifs is 2. The van der Waals surface area contributed by atoms with Gasteiger partial charge in [0.25, 0.3) is 5.91 Å². The van der Waals surface area contributed by atoms with Gasteiger partial charge in [0.15, 0.2) is 0 Å². The normalized spacial score (nSPS) is 15.3. The van der Waals surface area contributed by atoms with E-state index in [0.29, 0.717) is 39.3 Å². The fourth-order valence-corrected chi connectivity index (χ4v) is 7.20. The van der Waals surface area contributed by atoms with E-state index < -0.39 is 0 Å². The molecule has 0 fully saturated rings. The van der Waals surface area contributed by atoms with Crippen molar-refractivity contribution >= 4 is 56.7 Å². The number of hydrogen-bond donors (Lipinski definition) is 1. The summed E-state index contributed by atoms with van der Waals surface area (Å²) in [6.45, 7) is 7.29. The Morgan fingerprint density at radius 1 is 1.10 bits per heavy atom. The first-order valence-electron chi connectivity index (χ1n) is 14.2. The molecule has 0 saturated heterocycles. The van der Waals surface area contributed by atoms with E-state index in [-0.39, 0.29) is 17.1 Å². The van der Waals surface area contributed by atoms with Gasteiger partial charge in [-0.2, -0.15) is 0 Å². The van der Waals surface area contributed by atoms with Crippen molar-refractivity contribution in [3.05, 3.63) is 117 Å². The van der Waals surface area contributed by atoms with Gasteiger partial charge in [-0.05, 0) is 72.6 Å². The number of nitrogens with zero attached hydrogens (tertiary/aromatic N) is 2. The zero-order valence-electron chi connectivity index (χ0n) is 24.0. The molecule has 6 rings (SSSR count). The smallest absolute Gasteiger partial charge is 0.259 e. The standard InChI is InChI=1S/C35H33ClFN3OS/c1-35(2,3)24-12-17-28-31(18-24)42-34(32(28)33(41)39-26-15-13-25(36)14-16-26)38-19-23-21-40(30-11-7-5-9-27(23)30)20-22-8-4-6-10-29(22)37/h4-11,13-16,19,21,24H,12,17-18,20H2,1-3H3,(H,39,41)/t24-/m0/s1. The van der Waals surface area contributed by atoms with Crippen molar-refractivity contribution in [2.24, 2.45) is 16.3 Å². The summed E-state index contributed by atoms with van der Waals surface area (Å²) in [4.78, 5) is 19.9. The predicted octanol–water partition coefficient (Wildman–Crippen LogP) is 9.70. The van der Waals surface area contributed by atoms with Crippen molar-refractivity contribution < 1.29 is 9.18 Å². The number of carbonyl (C=O) groups is 1. The molecule has 0 spiro atoms. The number of aromatic nitrogens is 1. The lowest BCUT2D eigenvalue weighted by atomic mass is 9.72. The Morgan fingerprint density at radius 3 is 2.60 bits per heavy atom. The monoisotopic (exact) mass is 597 g/mol. The molecular formula is C35H33ClFN3OS. The molecule has 5 aromatic rings. The number of benzene rings is 3. The van der Waals surface area contributed by atoms with Crippen LogP contribution in [0.25, 0.3) is 10.9 Å². The van der Waals surface area contributed by atoms with Gasteiger partial charge in [0.05, 0.1) is 12.1 Å². The summed E-state index contributed by atoms with van der Waals surface area (Å²) in [5.74, 6) is 0.168. The lowest BCUT2D eigenvalue weighted by Crippen LogP contribution is -2.27. The lowest BCUT2D eigenvalue weighted by Gasteiger charge is -2.33. The van der Waals surface area contributed by atoms with Gasteiger partial charge in [-0.1, -0.05) is 68.8 Å². The molecule has 0 saturated carbocycles. The van der Waals surface area contributed by atoms with E-state index in [2.05, 4.69) is 36.7 Å². The summed E-state index contributed by atoms with van der Waals surface area (Å²) < 4.78 is 16.5. The predicted molar refractivity (Wildman–Crippen MR) is 173 cm³/mol. The number of amides is 1. The molecule has 2 heterocycles. The van der Waals surface area contributed by atoms with Gasteiger partial charge in [-0.25, -0.2) is 9.38 Å². The van der Waals surface area contributed by atoms with Gasteiger partial charge in [-0.3, -0.25) is 4.79 Å². The number of halogens is 2. The average Bonchev–Trinajstić information content (AvgIpc) is 3.51. The molecule has 1 aliphatic carbocycles. The highest BCUT2D eigenvalue weighted by Crippen LogP contribution is 2.45. The molecule has 1 atom stereocenters. The van der Waals surface area contributed by atoms with Crippen LogP contribution in [0.5, 0.6) is 0 Å². The molecule has 3 aromatic carbocycles. The van der Waals surface area contributed by atoms with E-state index in [0.717, 1.165) is 41.3 Å². The van der Waals surface area contributed by atoms with Gasteiger partial charge in [0, 0.05) is 50.0 Å². The number of thiophene rings is 1. The van der Waals surface area contributed by atoms with Gasteiger partial charge in [-0.15, -0.1) is 11.3 Å². The third-order valence-electron chi connectivity index (χ3n) is 8.24. The second-order valence-corrected chi connectivity index (χ2v) is 13.5. The minimum Gasteiger partial charge on any atom is -0.342 e. The highest BCUT2D eigenvalue weighted by atomic mass is 35.5. The van der Waals surface area contributed by atoms with E-state index in [1.54, 1.807) is 29.5 Å². The van der Waals surface area contributed by atoms with Crippen molar-refractivity contribution in [1.82, 2.24) is 4.57 Å². The molecule has 0 aliphatic heterocycles. The largest absolute Gasteiger partial charge is 0.342 e. The van der Waals surface area contributed by atoms with E-state index in [9.17, 15) is 9.18 Å². The van der Waals surface area contributed by atoms with Crippen LogP contribution in [0.2, 0.25) is 5.02 Å². The molecule has 0 radical (unpaired) electrons. The first kappa shape index (κ1) is 28.4. The van der Waals surface area contributed by atoms with Crippen LogP contribution < -0.4 is 5.32 Å². The van der Waals surface area contributed by atoms with E-state index in [1.165, 1.54) is 10.9 Å². The molecule has 1 aliphatic rings. The first-order valence-corrected chi connectivity index (χ1v) is 15.4. The Labute approximate surface area is 254 Å². The van der Waals surface area contributed by atoms with E-state index in [1.807, 2.05) is 54.9 Å². The number of aliphatic imine (C=N–C) groups is 1. The topological polar surface area (TPSA) is 46.4 Å². The summed E-state index contributed by atoms with van der Waals surface area (Å²) >= 11 is 7.69. The molecule has 0 unspecified atom stereocenters. The highest BCUT2D eigenvalue weighted by Gasteiger charge is 2.33. The maximum Gasteiger partial charge on any atom is 0.259 e. The Bertz CT molecular complexity index is 1800. The van der Waals surface area contributed by atoms with Crippen molar-refractivity contribution in [2.75, 3.05) is 5.32 Å². The van der Waals surface area contributed by atoms with Crippen molar-refractivity contribution in [3.8, 4) is 0 Å². The molecule has 0 bridgehead atoms. The lowest BCUT2D eigenvalue weighted by molar-refractivity contribution is 0.102. The molecule has 1 amide bonds. The quantitative estimate of drug-likeness (QED) is 0.195. The van der Waals surface area contributed by atoms with Gasteiger partial charge in [0.2, 0.25) is 0 Å². The SMILES string of the molecule is CC(C)(C)[C@H]1CCc2c(sc(N=Cc3cn(Cc4ccccc4F)c4ccccc34)c2C(=O)Nc2ccc(Cl)cc2)C1. The fourth-order valence-electron chi connectivity index (χ4n) is 5.81. The molecule has 42 heavy (non-hydrogen) atoms. The minimum atomic E-state index is -0.223. The summed E-state index contributed by atoms with van der Waals surface area (Å²) in [6.07, 6.45) is 6.70. The van der Waals surface area contributed by atoms with Crippen LogP contribution >= 0.6 is 22.9 Å². The van der Waals surface area contributed by atoms with Crippen molar-refractivity contribution in [1.29, 1.82) is 0 Å². The average molecular weight is 598 g/mol. The summed E-state index contributed by atoms with van der Waals surface area (Å²) in [5, 5.41) is 5.42. The number of anilines is 1. The second-order valence-electron chi connectivity index (χ2n) is 12.0. The number of para-hydroxylation sites is 1. The molecule has 1 N–H and O–H groups in total. The molecule has 7 heteroatoms. The third-order valence-corrected chi connectivity index (χ3v) is 9.65. The Balaban J connectivity index is 1.38. The summed E-state index contributed by atoms with van der Waals surface area (Å²) in [7, 11) is 0. The van der Waals surface area contributed by atoms with E-state index in [4.69, 9.17) is 16.6 Å². The van der Waals surface area contributed by atoms with E-state index >= 15 is 0 Å². The number of carbonyl (C=O) groups excluding carboxylic acids is 1. The van der Waals surface area contributed by atoms with Crippen LogP contribution in [0.1, 0.15) is 59.1 Å². The number of nitrogens with one attached hydrogen (secondary N) is 1. The maximum absolute atomic E-state index is 14.5. The summed E-state index contributed by atoms with van der Waals surface area (Å²) in [6, 6.07) is 22.1. The van der Waals surface area contributed by atoms with Crippen LogP contribution in [-0.2, 0) is 19.4 Å². The zero-order valence-corrected chi connectivity index (χ0v) is 25.5.